The molecule has 0 radical (unpaired) electrons. The molecule has 11 heavy (non-hydrogen) atoms. The van der Waals surface area contributed by atoms with Crippen molar-refractivity contribution in [2.24, 2.45) is 0 Å². The van der Waals surface area contributed by atoms with Crippen LogP contribution >= 0.6 is 0 Å². The molecule has 0 aromatic rings. The van der Waals surface area contributed by atoms with Gasteiger partial charge in [-0.15, -0.1) is 5.54 Å². The monoisotopic (exact) mass is 170 g/mol. The van der Waals surface area contributed by atoms with Crippen LogP contribution in [0.4, 0.5) is 0 Å². The molecule has 0 amide bonds. The van der Waals surface area contributed by atoms with Gasteiger partial charge in [0, 0.05) is 7.11 Å². The lowest BCUT2D eigenvalue weighted by molar-refractivity contribution is 0.145. The summed E-state index contributed by atoms with van der Waals surface area (Å²) in [6.07, 6.45) is 1.12. The molecule has 0 aromatic heterocycles. The van der Waals surface area contributed by atoms with Crippen molar-refractivity contribution >= 4 is 8.07 Å². The van der Waals surface area contributed by atoms with E-state index in [-0.39, 0.29) is 6.10 Å². The van der Waals surface area contributed by atoms with Gasteiger partial charge in [-0.05, 0) is 6.42 Å². The Morgan fingerprint density at radius 1 is 1.36 bits per heavy atom. The van der Waals surface area contributed by atoms with Gasteiger partial charge in [-0.3, -0.25) is 0 Å². The Hall–Kier alpha value is -0.263. The van der Waals surface area contributed by atoms with Gasteiger partial charge in [0.2, 0.25) is 0 Å². The molecule has 0 aliphatic carbocycles. The molecule has 0 saturated carbocycles. The first-order chi connectivity index (χ1) is 4.99. The van der Waals surface area contributed by atoms with E-state index in [1.165, 1.54) is 0 Å². The Morgan fingerprint density at radius 2 is 1.91 bits per heavy atom. The summed E-state index contributed by atoms with van der Waals surface area (Å²) in [6.45, 7) is 8.81. The summed E-state index contributed by atoms with van der Waals surface area (Å²) < 4.78 is 5.14. The van der Waals surface area contributed by atoms with Crippen LogP contribution in [0.3, 0.4) is 0 Å². The highest BCUT2D eigenvalue weighted by Crippen LogP contribution is 1.99. The summed E-state index contributed by atoms with van der Waals surface area (Å²) >= 11 is 0. The molecule has 0 spiro atoms. The highest BCUT2D eigenvalue weighted by atomic mass is 28.3. The van der Waals surface area contributed by atoms with Crippen LogP contribution in [0.1, 0.15) is 13.3 Å². The van der Waals surface area contributed by atoms with Gasteiger partial charge >= 0.3 is 0 Å². The first-order valence-electron chi connectivity index (χ1n) is 4.05. The van der Waals surface area contributed by atoms with Gasteiger partial charge in [-0.25, -0.2) is 0 Å². The van der Waals surface area contributed by atoms with Crippen LogP contribution in [0.15, 0.2) is 0 Å². The van der Waals surface area contributed by atoms with Crippen molar-refractivity contribution in [3.05, 3.63) is 0 Å². The fraction of sp³-hybridized carbons (Fsp3) is 0.778. The lowest BCUT2D eigenvalue weighted by atomic mass is 10.3. The molecule has 0 fully saturated rings. The summed E-state index contributed by atoms with van der Waals surface area (Å²) in [6, 6.07) is 0. The second-order valence-electron chi connectivity index (χ2n) is 3.65. The van der Waals surface area contributed by atoms with E-state index in [9.17, 15) is 0 Å². The molecule has 64 valence electrons. The Bertz CT molecular complexity index is 155. The summed E-state index contributed by atoms with van der Waals surface area (Å²) in [4.78, 5) is 0. The molecule has 0 heterocycles. The Kier molecular flexibility index (Phi) is 4.47. The Labute approximate surface area is 71.2 Å². The standard InChI is InChI=1S/C9H18OSi/c1-6-9(10-2)7-8-11(3,4)5/h9H,6H2,1-5H3. The second kappa shape index (κ2) is 4.58. The molecule has 1 nitrogen and oxygen atoms in total. The second-order valence-corrected chi connectivity index (χ2v) is 8.40. The Morgan fingerprint density at radius 3 is 2.18 bits per heavy atom. The van der Waals surface area contributed by atoms with E-state index in [1.54, 1.807) is 7.11 Å². The average molecular weight is 170 g/mol. The molecule has 1 unspecified atom stereocenters. The molecule has 0 bridgehead atoms. The summed E-state index contributed by atoms with van der Waals surface area (Å²) in [5.41, 5.74) is 3.29. The lowest BCUT2D eigenvalue weighted by Crippen LogP contribution is -2.18. The van der Waals surface area contributed by atoms with Crippen LogP contribution in [-0.4, -0.2) is 21.3 Å². The van der Waals surface area contributed by atoms with Gasteiger partial charge in [-0.1, -0.05) is 32.5 Å². The van der Waals surface area contributed by atoms with Crippen LogP contribution in [0.2, 0.25) is 19.6 Å². The van der Waals surface area contributed by atoms with Gasteiger partial charge in [0.25, 0.3) is 0 Å². The number of rotatable bonds is 2. The zero-order valence-corrected chi connectivity index (χ0v) is 9.19. The highest BCUT2D eigenvalue weighted by Gasteiger charge is 2.08. The molecule has 0 aliphatic rings. The minimum absolute atomic E-state index is 0.140. The van der Waals surface area contributed by atoms with E-state index in [2.05, 4.69) is 38.0 Å². The third-order valence-electron chi connectivity index (χ3n) is 1.26. The molecule has 0 rings (SSSR count). The average Bonchev–Trinajstić information content (AvgIpc) is 1.88. The van der Waals surface area contributed by atoms with E-state index in [4.69, 9.17) is 4.74 Å². The zero-order valence-electron chi connectivity index (χ0n) is 8.19. The maximum absolute atomic E-state index is 5.14. The van der Waals surface area contributed by atoms with Crippen LogP contribution in [0.25, 0.3) is 0 Å². The molecular weight excluding hydrogens is 152 g/mol. The van der Waals surface area contributed by atoms with E-state index in [1.807, 2.05) is 0 Å². The number of ether oxygens (including phenoxy) is 1. The van der Waals surface area contributed by atoms with E-state index in [0.29, 0.717) is 0 Å². The molecule has 2 heteroatoms. The first-order valence-corrected chi connectivity index (χ1v) is 7.55. The zero-order chi connectivity index (χ0) is 8.91. The largest absolute Gasteiger partial charge is 0.369 e. The van der Waals surface area contributed by atoms with Crippen molar-refractivity contribution in [1.29, 1.82) is 0 Å². The van der Waals surface area contributed by atoms with E-state index < -0.39 is 8.07 Å². The van der Waals surface area contributed by atoms with Gasteiger partial charge in [-0.2, -0.15) is 0 Å². The fourth-order valence-electron chi connectivity index (χ4n) is 0.625. The minimum Gasteiger partial charge on any atom is -0.369 e. The third-order valence-corrected chi connectivity index (χ3v) is 2.16. The molecule has 0 N–H and O–H groups in total. The number of methoxy groups -OCH3 is 1. The van der Waals surface area contributed by atoms with Crippen LogP contribution in [-0.2, 0) is 4.74 Å². The summed E-state index contributed by atoms with van der Waals surface area (Å²) in [5, 5.41) is 0. The SMILES string of the molecule is CCC(C#C[Si](C)(C)C)OC. The normalized spacial score (nSPS) is 13.5. The highest BCUT2D eigenvalue weighted by molar-refractivity contribution is 6.83. The fourth-order valence-corrected chi connectivity index (χ4v) is 1.22. The maximum Gasteiger partial charge on any atom is 0.129 e. The van der Waals surface area contributed by atoms with Gasteiger partial charge in [0.15, 0.2) is 0 Å². The predicted molar refractivity (Wildman–Crippen MR) is 52.2 cm³/mol. The van der Waals surface area contributed by atoms with Crippen LogP contribution in [0, 0.1) is 11.5 Å². The smallest absolute Gasteiger partial charge is 0.129 e. The third kappa shape index (κ3) is 6.15. The predicted octanol–water partition coefficient (Wildman–Crippen LogP) is 2.29. The summed E-state index contributed by atoms with van der Waals surface area (Å²) in [7, 11) is 0.522. The maximum atomic E-state index is 5.14. The molecule has 1 atom stereocenters. The van der Waals surface area contributed by atoms with Crippen molar-refractivity contribution < 1.29 is 4.74 Å². The van der Waals surface area contributed by atoms with Gasteiger partial charge in [0.05, 0.1) is 0 Å². The van der Waals surface area contributed by atoms with Crippen LogP contribution < -0.4 is 0 Å². The van der Waals surface area contributed by atoms with Crippen molar-refractivity contribution in [2.45, 2.75) is 39.1 Å². The first kappa shape index (κ1) is 10.7. The lowest BCUT2D eigenvalue weighted by Gasteiger charge is -2.07. The quantitative estimate of drug-likeness (QED) is 0.456. The van der Waals surface area contributed by atoms with Gasteiger partial charge in [0.1, 0.15) is 14.2 Å². The van der Waals surface area contributed by atoms with Crippen molar-refractivity contribution in [2.75, 3.05) is 7.11 Å². The molecular formula is C9H18OSi. The minimum atomic E-state index is -1.19. The summed E-state index contributed by atoms with van der Waals surface area (Å²) in [5.74, 6) is 3.15. The van der Waals surface area contributed by atoms with Gasteiger partial charge < -0.3 is 4.74 Å². The van der Waals surface area contributed by atoms with E-state index >= 15 is 0 Å². The Balaban J connectivity index is 4.04. The van der Waals surface area contributed by atoms with Crippen molar-refractivity contribution in [3.63, 3.8) is 0 Å². The molecule has 0 aliphatic heterocycles. The van der Waals surface area contributed by atoms with Crippen molar-refractivity contribution in [1.82, 2.24) is 0 Å². The number of hydrogen-bond donors (Lipinski definition) is 0. The number of hydrogen-bond acceptors (Lipinski definition) is 1. The molecule has 0 aromatic carbocycles. The van der Waals surface area contributed by atoms with Crippen molar-refractivity contribution in [3.8, 4) is 11.5 Å². The molecule has 0 saturated heterocycles. The topological polar surface area (TPSA) is 9.23 Å². The van der Waals surface area contributed by atoms with Crippen LogP contribution in [0.5, 0.6) is 0 Å². The van der Waals surface area contributed by atoms with E-state index in [0.717, 1.165) is 6.42 Å².